The molecule has 0 bridgehead atoms. The van der Waals surface area contributed by atoms with Gasteiger partial charge in [-0.2, -0.15) is 5.10 Å². The van der Waals surface area contributed by atoms with Crippen molar-refractivity contribution in [2.45, 2.75) is 45.2 Å². The van der Waals surface area contributed by atoms with Crippen molar-refractivity contribution in [1.29, 1.82) is 0 Å². The zero-order valence-electron chi connectivity index (χ0n) is 12.2. The van der Waals surface area contributed by atoms with Gasteiger partial charge in [-0.1, -0.05) is 6.42 Å². The molecule has 5 heteroatoms. The van der Waals surface area contributed by atoms with E-state index in [1.807, 2.05) is 37.0 Å². The first-order valence-electron chi connectivity index (χ1n) is 7.42. The molecule has 1 aliphatic carbocycles. The first-order valence-corrected chi connectivity index (χ1v) is 7.42. The fourth-order valence-electron chi connectivity index (χ4n) is 3.39. The Morgan fingerprint density at radius 1 is 1.40 bits per heavy atom. The SMILES string of the molecule is CNC1CCCC1CCn1ccn2nc(C)cc2c1=O. The predicted octanol–water partition coefficient (Wildman–Crippen LogP) is 1.58. The van der Waals surface area contributed by atoms with Gasteiger partial charge in [0, 0.05) is 25.0 Å². The number of hydrogen-bond donors (Lipinski definition) is 1. The van der Waals surface area contributed by atoms with E-state index in [0.717, 1.165) is 18.7 Å². The second-order valence-electron chi connectivity index (χ2n) is 5.79. The Morgan fingerprint density at radius 3 is 3.05 bits per heavy atom. The van der Waals surface area contributed by atoms with Crippen molar-refractivity contribution < 1.29 is 0 Å². The number of nitrogens with one attached hydrogen (secondary N) is 1. The average molecular weight is 274 g/mol. The highest BCUT2D eigenvalue weighted by molar-refractivity contribution is 5.44. The van der Waals surface area contributed by atoms with Crippen molar-refractivity contribution in [2.75, 3.05) is 7.05 Å². The molecule has 3 rings (SSSR count). The van der Waals surface area contributed by atoms with E-state index < -0.39 is 0 Å². The Balaban J connectivity index is 1.77. The topological polar surface area (TPSA) is 51.3 Å². The third kappa shape index (κ3) is 2.38. The number of aromatic nitrogens is 3. The molecule has 20 heavy (non-hydrogen) atoms. The van der Waals surface area contributed by atoms with Gasteiger partial charge in [-0.3, -0.25) is 4.79 Å². The number of nitrogens with zero attached hydrogens (tertiary/aromatic N) is 3. The monoisotopic (exact) mass is 274 g/mol. The molecule has 2 aromatic heterocycles. The molecule has 0 saturated heterocycles. The van der Waals surface area contributed by atoms with Crippen molar-refractivity contribution in [3.8, 4) is 0 Å². The minimum Gasteiger partial charge on any atom is -0.317 e. The van der Waals surface area contributed by atoms with Gasteiger partial charge in [0.2, 0.25) is 0 Å². The van der Waals surface area contributed by atoms with Crippen molar-refractivity contribution in [3.63, 3.8) is 0 Å². The van der Waals surface area contributed by atoms with E-state index >= 15 is 0 Å². The molecule has 1 N–H and O–H groups in total. The number of fused-ring (bicyclic) bond motifs is 1. The van der Waals surface area contributed by atoms with Crippen molar-refractivity contribution >= 4 is 5.52 Å². The van der Waals surface area contributed by atoms with E-state index in [9.17, 15) is 4.79 Å². The molecule has 5 nitrogen and oxygen atoms in total. The summed E-state index contributed by atoms with van der Waals surface area (Å²) in [5.74, 6) is 0.690. The van der Waals surface area contributed by atoms with Crippen LogP contribution in [-0.2, 0) is 6.54 Å². The second kappa shape index (κ2) is 5.40. The molecule has 1 saturated carbocycles. The summed E-state index contributed by atoms with van der Waals surface area (Å²) in [7, 11) is 2.04. The van der Waals surface area contributed by atoms with Crippen molar-refractivity contribution in [2.24, 2.45) is 5.92 Å². The Hall–Kier alpha value is -1.62. The van der Waals surface area contributed by atoms with Gasteiger partial charge < -0.3 is 9.88 Å². The molecule has 2 heterocycles. The molecular weight excluding hydrogens is 252 g/mol. The average Bonchev–Trinajstić information content (AvgIpc) is 3.03. The Bertz CT molecular complexity index is 657. The van der Waals surface area contributed by atoms with Crippen LogP contribution in [0.5, 0.6) is 0 Å². The fraction of sp³-hybridized carbons (Fsp3) is 0.600. The lowest BCUT2D eigenvalue weighted by molar-refractivity contribution is 0.375. The summed E-state index contributed by atoms with van der Waals surface area (Å²) in [4.78, 5) is 12.4. The third-order valence-corrected chi connectivity index (χ3v) is 4.50. The van der Waals surface area contributed by atoms with E-state index in [4.69, 9.17) is 0 Å². The van der Waals surface area contributed by atoms with E-state index in [1.54, 1.807) is 4.52 Å². The first kappa shape index (κ1) is 13.4. The van der Waals surface area contributed by atoms with Gasteiger partial charge in [0.1, 0.15) is 5.52 Å². The van der Waals surface area contributed by atoms with Crippen LogP contribution >= 0.6 is 0 Å². The van der Waals surface area contributed by atoms with Crippen LogP contribution in [0.3, 0.4) is 0 Å². The summed E-state index contributed by atoms with van der Waals surface area (Å²) in [5.41, 5.74) is 1.61. The van der Waals surface area contributed by atoms with Crippen LogP contribution in [-0.4, -0.2) is 27.3 Å². The summed E-state index contributed by atoms with van der Waals surface area (Å²) >= 11 is 0. The maximum Gasteiger partial charge on any atom is 0.276 e. The Kier molecular flexibility index (Phi) is 3.61. The lowest BCUT2D eigenvalue weighted by Crippen LogP contribution is -2.30. The van der Waals surface area contributed by atoms with Crippen molar-refractivity contribution in [3.05, 3.63) is 34.5 Å². The van der Waals surface area contributed by atoms with E-state index in [1.165, 1.54) is 19.3 Å². The minimum absolute atomic E-state index is 0.0621. The molecule has 1 fully saturated rings. The number of rotatable bonds is 4. The zero-order chi connectivity index (χ0) is 14.1. The van der Waals surface area contributed by atoms with Crippen LogP contribution < -0.4 is 10.9 Å². The van der Waals surface area contributed by atoms with Gasteiger partial charge >= 0.3 is 0 Å². The zero-order valence-corrected chi connectivity index (χ0v) is 12.2. The number of aryl methyl sites for hydroxylation is 2. The van der Waals surface area contributed by atoms with Gasteiger partial charge in [0.05, 0.1) is 5.69 Å². The quantitative estimate of drug-likeness (QED) is 0.921. The van der Waals surface area contributed by atoms with Crippen LogP contribution in [0.15, 0.2) is 23.3 Å². The molecule has 2 aromatic rings. The maximum atomic E-state index is 12.4. The second-order valence-corrected chi connectivity index (χ2v) is 5.79. The van der Waals surface area contributed by atoms with Gasteiger partial charge in [-0.05, 0) is 45.2 Å². The molecular formula is C15H22N4O. The molecule has 2 atom stereocenters. The maximum absolute atomic E-state index is 12.4. The van der Waals surface area contributed by atoms with Gasteiger partial charge in [0.15, 0.2) is 0 Å². The predicted molar refractivity (Wildman–Crippen MR) is 79.0 cm³/mol. The molecule has 1 aliphatic rings. The Labute approximate surface area is 118 Å². The van der Waals surface area contributed by atoms with Crippen LogP contribution in [0.1, 0.15) is 31.4 Å². The highest BCUT2D eigenvalue weighted by atomic mass is 16.1. The smallest absolute Gasteiger partial charge is 0.276 e. The number of hydrogen-bond acceptors (Lipinski definition) is 3. The summed E-state index contributed by atoms with van der Waals surface area (Å²) in [6.07, 6.45) is 8.62. The van der Waals surface area contributed by atoms with Crippen LogP contribution in [0.25, 0.3) is 5.52 Å². The standard InChI is InChI=1S/C15H22N4O/c1-11-10-14-15(20)18(8-9-19(14)17-11)7-6-12-4-3-5-13(12)16-2/h8-10,12-13,16H,3-7H2,1-2H3. The van der Waals surface area contributed by atoms with Crippen molar-refractivity contribution in [1.82, 2.24) is 19.5 Å². The largest absolute Gasteiger partial charge is 0.317 e. The van der Waals surface area contributed by atoms with E-state index in [2.05, 4.69) is 10.4 Å². The fourth-order valence-corrected chi connectivity index (χ4v) is 3.39. The van der Waals surface area contributed by atoms with Gasteiger partial charge in [-0.25, -0.2) is 4.52 Å². The van der Waals surface area contributed by atoms with E-state index in [-0.39, 0.29) is 5.56 Å². The lowest BCUT2D eigenvalue weighted by atomic mass is 10.00. The van der Waals surface area contributed by atoms with Crippen LogP contribution in [0.4, 0.5) is 0 Å². The highest BCUT2D eigenvalue weighted by Crippen LogP contribution is 2.28. The first-order chi connectivity index (χ1) is 9.69. The molecule has 0 aliphatic heterocycles. The summed E-state index contributed by atoms with van der Waals surface area (Å²) in [6.45, 7) is 2.70. The molecule has 2 unspecified atom stereocenters. The minimum atomic E-state index is 0.0621. The molecule has 0 spiro atoms. The third-order valence-electron chi connectivity index (χ3n) is 4.50. The summed E-state index contributed by atoms with van der Waals surface area (Å²) in [6, 6.07) is 2.47. The van der Waals surface area contributed by atoms with E-state index in [0.29, 0.717) is 17.5 Å². The van der Waals surface area contributed by atoms with Gasteiger partial charge in [0.25, 0.3) is 5.56 Å². The normalized spacial score (nSPS) is 22.7. The van der Waals surface area contributed by atoms with Crippen LogP contribution in [0, 0.1) is 12.8 Å². The Morgan fingerprint density at radius 2 is 2.25 bits per heavy atom. The molecule has 0 radical (unpaired) electrons. The molecule has 0 amide bonds. The van der Waals surface area contributed by atoms with Crippen LogP contribution in [0.2, 0.25) is 0 Å². The summed E-state index contributed by atoms with van der Waals surface area (Å²) in [5, 5.41) is 7.67. The molecule has 0 aromatic carbocycles. The highest BCUT2D eigenvalue weighted by Gasteiger charge is 2.25. The molecule has 108 valence electrons. The summed E-state index contributed by atoms with van der Waals surface area (Å²) < 4.78 is 3.49. The lowest BCUT2D eigenvalue weighted by Gasteiger charge is -2.19. The van der Waals surface area contributed by atoms with Gasteiger partial charge in [-0.15, -0.1) is 0 Å².